The zero-order valence-corrected chi connectivity index (χ0v) is 19.8. The van der Waals surface area contributed by atoms with Crippen molar-refractivity contribution in [2.24, 2.45) is 0 Å². The fourth-order valence-electron chi connectivity index (χ4n) is 0. The van der Waals surface area contributed by atoms with Gasteiger partial charge in [0.05, 0.1) is 0 Å². The van der Waals surface area contributed by atoms with Crippen LogP contribution in [0.3, 0.4) is 0 Å². The summed E-state index contributed by atoms with van der Waals surface area (Å²) in [6.45, 7) is 0. The van der Waals surface area contributed by atoms with Crippen LogP contribution in [-0.4, -0.2) is 77.8 Å². The standard InChI is InChI=1S/6FHO3S.Li.V/c6*1-5(2,3)4;;/h6*(H,2,3,4);;/q;;;;;;+1;+5/p-6. The molecule has 192 valence electrons. The first-order valence-electron chi connectivity index (χ1n) is 3.93. The van der Waals surface area contributed by atoms with Crippen LogP contribution in [-0.2, 0) is 81.6 Å². The summed E-state index contributed by atoms with van der Waals surface area (Å²) in [6, 6.07) is 0. The largest absolute Gasteiger partial charge is 5.00 e. The second kappa shape index (κ2) is 21.7. The normalized spacial score (nSPS) is 10.9. The first-order valence-corrected chi connectivity index (χ1v) is 11.8. The van der Waals surface area contributed by atoms with Crippen molar-refractivity contribution in [3.63, 3.8) is 0 Å². The molecule has 0 saturated heterocycles. The smallest absolute Gasteiger partial charge is 0.722 e. The third kappa shape index (κ3) is 524000. The van der Waals surface area contributed by atoms with E-state index < -0.39 is 63.0 Å². The Hall–Kier alpha value is 0.222. The van der Waals surface area contributed by atoms with Gasteiger partial charge in [-0.2, -0.15) is 0 Å². The number of hydrogen-bond donors (Lipinski definition) is 0. The van der Waals surface area contributed by atoms with E-state index in [1.54, 1.807) is 0 Å². The number of halogens is 6. The van der Waals surface area contributed by atoms with Crippen molar-refractivity contribution in [3.8, 4) is 0 Å². The summed E-state index contributed by atoms with van der Waals surface area (Å²) in [5.74, 6) is 0. The van der Waals surface area contributed by atoms with E-state index in [0.29, 0.717) is 0 Å². The van der Waals surface area contributed by atoms with Crippen molar-refractivity contribution < 1.29 is 139 Å². The maximum absolute atomic E-state index is 10.1. The molecule has 0 aliphatic rings. The molecule has 0 saturated carbocycles. The molecule has 0 aromatic carbocycles. The van der Waals surface area contributed by atoms with Gasteiger partial charge < -0.3 is 27.3 Å². The van der Waals surface area contributed by atoms with Gasteiger partial charge in [0.1, 0.15) is 0 Å². The predicted molar refractivity (Wildman–Crippen MR) is 64.8 cm³/mol. The Kier molecular flexibility index (Phi) is 36.4. The first kappa shape index (κ1) is 53.5. The summed E-state index contributed by atoms with van der Waals surface area (Å²) in [5.41, 5.74) is 0. The molecule has 0 aromatic heterocycles. The molecule has 0 radical (unpaired) electrons. The van der Waals surface area contributed by atoms with Gasteiger partial charge in [0.2, 0.25) is 0 Å². The van der Waals surface area contributed by atoms with Crippen molar-refractivity contribution >= 4 is 63.0 Å². The second-order valence-corrected chi connectivity index (χ2v) is 7.08. The predicted octanol–water partition coefficient (Wildman–Crippen LogP) is -6.50. The minimum atomic E-state index is -5.42. The van der Waals surface area contributed by atoms with Gasteiger partial charge >= 0.3 is 37.4 Å². The molecule has 0 atom stereocenters. The van der Waals surface area contributed by atoms with E-state index in [1.165, 1.54) is 0 Å². The molecule has 0 spiro atoms. The summed E-state index contributed by atoms with van der Waals surface area (Å²) in [5, 5.41) is 0. The van der Waals surface area contributed by atoms with Crippen molar-refractivity contribution in [1.29, 1.82) is 0 Å². The van der Waals surface area contributed by atoms with Crippen molar-refractivity contribution in [3.05, 3.63) is 0 Å². The summed E-state index contributed by atoms with van der Waals surface area (Å²) >= 11 is 0. The van der Waals surface area contributed by atoms with Crippen LogP contribution in [0, 0.1) is 0 Å². The summed E-state index contributed by atoms with van der Waals surface area (Å²) in [7, 11) is -32.5. The molecule has 0 fully saturated rings. The van der Waals surface area contributed by atoms with Crippen molar-refractivity contribution in [1.82, 2.24) is 0 Å². The molecule has 0 aliphatic carbocycles. The van der Waals surface area contributed by atoms with E-state index in [1.807, 2.05) is 0 Å². The zero-order valence-electron chi connectivity index (χ0n) is 13.5. The molecule has 0 bridgehead atoms. The van der Waals surface area contributed by atoms with E-state index in [2.05, 4.69) is 0 Å². The van der Waals surface area contributed by atoms with E-state index in [4.69, 9.17) is 77.8 Å². The molecule has 0 N–H and O–H groups in total. The fraction of sp³-hybridized carbons (Fsp3) is 0. The third-order valence-electron chi connectivity index (χ3n) is 0. The Labute approximate surface area is 200 Å². The van der Waals surface area contributed by atoms with Gasteiger partial charge in [0.25, 0.3) is 63.0 Å². The van der Waals surface area contributed by atoms with Crippen LogP contribution < -0.4 is 18.9 Å². The molecule has 0 heterocycles. The van der Waals surface area contributed by atoms with Crippen LogP contribution in [0.2, 0.25) is 0 Å². The topological polar surface area (TPSA) is 343 Å². The summed E-state index contributed by atoms with van der Waals surface area (Å²) in [6.07, 6.45) is 0. The summed E-state index contributed by atoms with van der Waals surface area (Å²) < 4.78 is 212. The molecule has 32 heteroatoms. The Morgan fingerprint density at radius 2 is 0.312 bits per heavy atom. The first-order chi connectivity index (χ1) is 12.0. The second-order valence-electron chi connectivity index (χ2n) is 2.36. The van der Waals surface area contributed by atoms with E-state index in [0.717, 1.165) is 0 Å². The minimum Gasteiger partial charge on any atom is -0.722 e. The van der Waals surface area contributed by atoms with Gasteiger partial charge in [-0.25, -0.2) is 50.5 Å². The van der Waals surface area contributed by atoms with Gasteiger partial charge in [-0.15, -0.1) is 23.3 Å². The Bertz CT molecular complexity index is 786. The van der Waals surface area contributed by atoms with Crippen LogP contribution in [0.25, 0.3) is 0 Å². The monoisotopic (exact) mass is 652 g/mol. The number of hydrogen-bond acceptors (Lipinski definition) is 18. The van der Waals surface area contributed by atoms with Crippen LogP contribution in [0.1, 0.15) is 0 Å². The quantitative estimate of drug-likeness (QED) is 0.102. The van der Waals surface area contributed by atoms with Gasteiger partial charge in [-0.05, 0) is 0 Å². The molecule has 0 rings (SSSR count). The molecular weight excluding hydrogens is 652 g/mol. The van der Waals surface area contributed by atoms with Gasteiger partial charge in [0.15, 0.2) is 0 Å². The molecule has 18 nitrogen and oxygen atoms in total. The maximum Gasteiger partial charge on any atom is 5.00 e. The maximum atomic E-state index is 10.1. The Morgan fingerprint density at radius 1 is 0.312 bits per heavy atom. The zero-order chi connectivity index (χ0) is 27.0. The minimum absolute atomic E-state index is 0. The van der Waals surface area contributed by atoms with Crippen molar-refractivity contribution in [2.75, 3.05) is 0 Å². The van der Waals surface area contributed by atoms with Crippen LogP contribution in [0.15, 0.2) is 0 Å². The SMILES string of the molecule is O=S(=O)([O-])F.O=S(=O)([O-])F.O=S(=O)([O-])F.O=S(=O)([O-])F.O=S(=O)([O-])F.O=S(=O)([O-])F.[Li+].[V+5]. The third-order valence-corrected chi connectivity index (χ3v) is 0. The molecular formula is F6LiO18S6V. The van der Waals surface area contributed by atoms with Gasteiger partial charge in [-0.1, -0.05) is 0 Å². The molecule has 0 aliphatic heterocycles. The van der Waals surface area contributed by atoms with E-state index in [9.17, 15) is 23.3 Å². The van der Waals surface area contributed by atoms with Crippen molar-refractivity contribution in [2.45, 2.75) is 0 Å². The molecule has 0 unspecified atom stereocenters. The van der Waals surface area contributed by atoms with Crippen LogP contribution in [0.5, 0.6) is 0 Å². The Morgan fingerprint density at radius 3 is 0.312 bits per heavy atom. The molecule has 0 amide bonds. The molecule has 32 heavy (non-hydrogen) atoms. The molecule has 0 aromatic rings. The summed E-state index contributed by atoms with van der Waals surface area (Å²) in [4.78, 5) is 0. The van der Waals surface area contributed by atoms with Gasteiger partial charge in [-0.3, -0.25) is 0 Å². The van der Waals surface area contributed by atoms with E-state index in [-0.39, 0.29) is 37.4 Å². The Balaban J connectivity index is -0.0000000356. The van der Waals surface area contributed by atoms with Crippen LogP contribution in [0.4, 0.5) is 23.3 Å². The fourth-order valence-corrected chi connectivity index (χ4v) is 0. The van der Waals surface area contributed by atoms with Gasteiger partial charge in [0, 0.05) is 0 Å². The average molecular weight is 652 g/mol. The number of rotatable bonds is 0. The van der Waals surface area contributed by atoms with E-state index >= 15 is 0 Å². The van der Waals surface area contributed by atoms with Crippen LogP contribution >= 0.6 is 0 Å². The average Bonchev–Trinajstić information content (AvgIpc) is 1.94.